The van der Waals surface area contributed by atoms with Crippen molar-refractivity contribution >= 4 is 29.4 Å². The molecule has 25 heavy (non-hydrogen) atoms. The Morgan fingerprint density at radius 3 is 2.56 bits per heavy atom. The van der Waals surface area contributed by atoms with Gasteiger partial charge in [-0.1, -0.05) is 18.2 Å². The summed E-state index contributed by atoms with van der Waals surface area (Å²) in [5, 5.41) is 2.68. The van der Waals surface area contributed by atoms with Gasteiger partial charge in [-0.3, -0.25) is 9.59 Å². The number of carbonyl (C=O) groups excluding carboxylic acids is 3. The topological polar surface area (TPSA) is 88.3 Å². The number of thioether (sulfide) groups is 1. The molecule has 0 unspecified atom stereocenters. The van der Waals surface area contributed by atoms with Crippen molar-refractivity contribution in [2.24, 2.45) is 0 Å². The number of amides is 1. The Kier molecular flexibility index (Phi) is 7.28. The number of nitrogens with one attached hydrogen (secondary N) is 2. The highest BCUT2D eigenvalue weighted by Crippen LogP contribution is 2.06. The first-order valence-corrected chi connectivity index (χ1v) is 9.19. The molecule has 1 amide bonds. The molecule has 2 aromatic rings. The molecule has 0 aliphatic heterocycles. The van der Waals surface area contributed by atoms with Crippen molar-refractivity contribution < 1.29 is 19.1 Å². The van der Waals surface area contributed by atoms with Crippen molar-refractivity contribution in [1.29, 1.82) is 0 Å². The third-order valence-corrected chi connectivity index (χ3v) is 4.12. The quantitative estimate of drug-likeness (QED) is 0.529. The Morgan fingerprint density at radius 1 is 1.16 bits per heavy atom. The van der Waals surface area contributed by atoms with E-state index in [1.54, 1.807) is 54.4 Å². The van der Waals surface area contributed by atoms with Gasteiger partial charge in [-0.15, -0.1) is 0 Å². The molecule has 0 saturated carbocycles. The van der Waals surface area contributed by atoms with Gasteiger partial charge < -0.3 is 15.0 Å². The fourth-order valence-corrected chi connectivity index (χ4v) is 2.61. The molecule has 2 rings (SSSR count). The summed E-state index contributed by atoms with van der Waals surface area (Å²) in [6.45, 7) is -0.365. The van der Waals surface area contributed by atoms with Crippen molar-refractivity contribution in [3.63, 3.8) is 0 Å². The third-order valence-electron chi connectivity index (χ3n) is 3.48. The van der Waals surface area contributed by atoms with Gasteiger partial charge in [-0.05, 0) is 42.7 Å². The molecule has 1 atom stereocenters. The lowest BCUT2D eigenvalue weighted by molar-refractivity contribution is -0.144. The van der Waals surface area contributed by atoms with Crippen LogP contribution in [-0.2, 0) is 9.53 Å². The Balaban J connectivity index is 1.94. The molecular weight excluding hydrogens is 340 g/mol. The molecule has 2 N–H and O–H groups in total. The fraction of sp³-hybridized carbons (Fsp3) is 0.278. The SMILES string of the molecule is CSCC[C@H](NC(=O)c1ccccc1)C(=O)OCC(=O)c1ccc[nH]1. The lowest BCUT2D eigenvalue weighted by atomic mass is 10.1. The van der Waals surface area contributed by atoms with Crippen LogP contribution in [0, 0.1) is 0 Å². The zero-order valence-electron chi connectivity index (χ0n) is 13.9. The van der Waals surface area contributed by atoms with E-state index >= 15 is 0 Å². The lowest BCUT2D eigenvalue weighted by Gasteiger charge is -2.17. The molecule has 6 nitrogen and oxygen atoms in total. The van der Waals surface area contributed by atoms with Crippen LogP contribution in [0.5, 0.6) is 0 Å². The Hall–Kier alpha value is -2.54. The average molecular weight is 360 g/mol. The van der Waals surface area contributed by atoms with Crippen LogP contribution in [0.1, 0.15) is 27.3 Å². The number of hydrogen-bond acceptors (Lipinski definition) is 5. The highest BCUT2D eigenvalue weighted by atomic mass is 32.2. The molecule has 0 fully saturated rings. The van der Waals surface area contributed by atoms with Gasteiger partial charge >= 0.3 is 5.97 Å². The highest BCUT2D eigenvalue weighted by molar-refractivity contribution is 7.98. The van der Waals surface area contributed by atoms with Crippen LogP contribution in [0.3, 0.4) is 0 Å². The van der Waals surface area contributed by atoms with Gasteiger partial charge in [0.15, 0.2) is 6.61 Å². The fourth-order valence-electron chi connectivity index (χ4n) is 2.13. The number of Topliss-reactive ketones (excluding diaryl/α,β-unsaturated/α-hetero) is 1. The van der Waals surface area contributed by atoms with Gasteiger partial charge in [0.2, 0.25) is 5.78 Å². The van der Waals surface area contributed by atoms with Crippen molar-refractivity contribution in [3.05, 3.63) is 59.9 Å². The molecule has 7 heteroatoms. The Morgan fingerprint density at radius 2 is 1.92 bits per heavy atom. The van der Waals surface area contributed by atoms with E-state index in [0.29, 0.717) is 23.4 Å². The summed E-state index contributed by atoms with van der Waals surface area (Å²) < 4.78 is 5.09. The number of benzene rings is 1. The number of carbonyl (C=O) groups is 3. The molecule has 0 aliphatic rings. The maximum atomic E-state index is 12.3. The van der Waals surface area contributed by atoms with E-state index in [2.05, 4.69) is 10.3 Å². The van der Waals surface area contributed by atoms with E-state index in [1.165, 1.54) is 0 Å². The summed E-state index contributed by atoms with van der Waals surface area (Å²) in [5.41, 5.74) is 0.841. The molecule has 1 aromatic heterocycles. The second kappa shape index (κ2) is 9.68. The normalized spacial score (nSPS) is 11.6. The first-order valence-electron chi connectivity index (χ1n) is 7.80. The van der Waals surface area contributed by atoms with Gasteiger partial charge in [0.05, 0.1) is 5.69 Å². The van der Waals surface area contributed by atoms with Gasteiger partial charge in [0, 0.05) is 11.8 Å². The number of esters is 1. The van der Waals surface area contributed by atoms with Gasteiger partial charge in [-0.2, -0.15) is 11.8 Å². The molecular formula is C18H20N2O4S. The molecule has 132 valence electrons. The second-order valence-electron chi connectivity index (χ2n) is 5.29. The van der Waals surface area contributed by atoms with E-state index < -0.39 is 12.0 Å². The van der Waals surface area contributed by atoms with Crippen LogP contribution >= 0.6 is 11.8 Å². The molecule has 0 bridgehead atoms. The van der Waals surface area contributed by atoms with E-state index in [-0.39, 0.29) is 18.3 Å². The number of H-pyrrole nitrogens is 1. The van der Waals surface area contributed by atoms with Crippen LogP contribution in [0.4, 0.5) is 0 Å². The highest BCUT2D eigenvalue weighted by Gasteiger charge is 2.23. The summed E-state index contributed by atoms with van der Waals surface area (Å²) in [5.74, 6) is -0.603. The van der Waals surface area contributed by atoms with Crippen molar-refractivity contribution in [3.8, 4) is 0 Å². The van der Waals surface area contributed by atoms with Gasteiger partial charge in [0.1, 0.15) is 6.04 Å². The number of ketones is 1. The standard InChI is InChI=1S/C18H20N2O4S/c1-25-11-9-15(20-17(22)13-6-3-2-4-7-13)18(23)24-12-16(21)14-8-5-10-19-14/h2-8,10,15,19H,9,11-12H2,1H3,(H,20,22)/t15-/m0/s1. The van der Waals surface area contributed by atoms with Crippen molar-refractivity contribution in [2.75, 3.05) is 18.6 Å². The smallest absolute Gasteiger partial charge is 0.329 e. The summed E-state index contributed by atoms with van der Waals surface area (Å²) in [6, 6.07) is 11.1. The third kappa shape index (κ3) is 5.79. The minimum absolute atomic E-state index is 0.323. The first kappa shape index (κ1) is 18.8. The maximum Gasteiger partial charge on any atom is 0.329 e. The maximum absolute atomic E-state index is 12.3. The molecule has 0 spiro atoms. The Bertz CT molecular complexity index is 701. The summed E-state index contributed by atoms with van der Waals surface area (Å²) in [4.78, 5) is 39.2. The predicted molar refractivity (Wildman–Crippen MR) is 96.8 cm³/mol. The largest absolute Gasteiger partial charge is 0.456 e. The van der Waals surface area contributed by atoms with Crippen LogP contribution in [0.2, 0.25) is 0 Å². The first-order chi connectivity index (χ1) is 12.1. The van der Waals surface area contributed by atoms with Crippen LogP contribution in [0.25, 0.3) is 0 Å². The van der Waals surface area contributed by atoms with Gasteiger partial charge in [-0.25, -0.2) is 4.79 Å². The van der Waals surface area contributed by atoms with Crippen LogP contribution in [0.15, 0.2) is 48.7 Å². The Labute approximate surface area is 150 Å². The van der Waals surface area contributed by atoms with Crippen LogP contribution in [-0.4, -0.2) is 47.3 Å². The average Bonchev–Trinajstić information content (AvgIpc) is 3.18. The molecule has 1 aromatic carbocycles. The monoisotopic (exact) mass is 360 g/mol. The predicted octanol–water partition coefficient (Wildman–Crippen LogP) is 2.29. The molecule has 0 saturated heterocycles. The number of aromatic nitrogens is 1. The van der Waals surface area contributed by atoms with E-state index in [9.17, 15) is 14.4 Å². The molecule has 0 radical (unpaired) electrons. The zero-order chi connectivity index (χ0) is 18.1. The van der Waals surface area contributed by atoms with Crippen molar-refractivity contribution in [1.82, 2.24) is 10.3 Å². The summed E-state index contributed by atoms with van der Waals surface area (Å²) in [6.07, 6.45) is 3.96. The number of aromatic amines is 1. The summed E-state index contributed by atoms with van der Waals surface area (Å²) in [7, 11) is 0. The lowest BCUT2D eigenvalue weighted by Crippen LogP contribution is -2.42. The van der Waals surface area contributed by atoms with E-state index in [1.807, 2.05) is 12.3 Å². The number of rotatable bonds is 9. The summed E-state index contributed by atoms with van der Waals surface area (Å²) >= 11 is 1.56. The minimum Gasteiger partial charge on any atom is -0.456 e. The van der Waals surface area contributed by atoms with Crippen molar-refractivity contribution in [2.45, 2.75) is 12.5 Å². The molecule has 0 aliphatic carbocycles. The molecule has 1 heterocycles. The number of hydrogen-bond donors (Lipinski definition) is 2. The second-order valence-corrected chi connectivity index (χ2v) is 6.27. The van der Waals surface area contributed by atoms with Crippen LogP contribution < -0.4 is 5.32 Å². The minimum atomic E-state index is -0.795. The zero-order valence-corrected chi connectivity index (χ0v) is 14.7. The van der Waals surface area contributed by atoms with E-state index in [0.717, 1.165) is 0 Å². The van der Waals surface area contributed by atoms with Gasteiger partial charge in [0.25, 0.3) is 5.91 Å². The van der Waals surface area contributed by atoms with E-state index in [4.69, 9.17) is 4.74 Å². The number of ether oxygens (including phenoxy) is 1.